The third-order valence-corrected chi connectivity index (χ3v) is 4.11. The van der Waals surface area contributed by atoms with Crippen molar-refractivity contribution in [2.45, 2.75) is 13.3 Å². The summed E-state index contributed by atoms with van der Waals surface area (Å²) in [5.74, 6) is 0. The number of aryl methyl sites for hydroxylation is 2. The lowest BCUT2D eigenvalue weighted by Crippen LogP contribution is -2.36. The Morgan fingerprint density at radius 2 is 1.95 bits per heavy atom. The molecular formula is C16H19Cl2N3O. The molecule has 0 unspecified atom stereocenters. The van der Waals surface area contributed by atoms with Crippen molar-refractivity contribution in [1.29, 1.82) is 0 Å². The largest absolute Gasteiger partial charge is 0.383 e. The number of hydrogen-bond acceptors (Lipinski definition) is 2. The molecule has 0 radical (unpaired) electrons. The number of halogens is 2. The number of hydrogen-bond donors (Lipinski definition) is 1. The normalized spacial score (nSPS) is 13.0. The average molecular weight is 340 g/mol. The Morgan fingerprint density at radius 1 is 1.27 bits per heavy atom. The van der Waals surface area contributed by atoms with E-state index in [0.717, 1.165) is 16.5 Å². The Kier molecular flexibility index (Phi) is 5.04. The maximum atomic E-state index is 12.1. The van der Waals surface area contributed by atoms with Gasteiger partial charge in [0.05, 0.1) is 10.6 Å². The van der Waals surface area contributed by atoms with E-state index in [1.807, 2.05) is 38.1 Å². The SMILES string of the molecule is Cc1cc(C/C=c2\[nH]n(C)c(=O)c2=CN(C)C)c(Cl)cc1Cl. The molecule has 0 atom stereocenters. The first-order chi connectivity index (χ1) is 10.3. The first-order valence-corrected chi connectivity index (χ1v) is 7.63. The number of rotatable bonds is 3. The molecule has 0 spiro atoms. The maximum Gasteiger partial charge on any atom is 0.275 e. The van der Waals surface area contributed by atoms with Gasteiger partial charge in [-0.3, -0.25) is 14.6 Å². The van der Waals surface area contributed by atoms with E-state index in [-0.39, 0.29) is 5.56 Å². The Hall–Kier alpha value is -1.65. The van der Waals surface area contributed by atoms with Crippen LogP contribution < -0.4 is 16.1 Å². The summed E-state index contributed by atoms with van der Waals surface area (Å²) in [5.41, 5.74) is 1.90. The fraction of sp³-hybridized carbons (Fsp3) is 0.312. The average Bonchev–Trinajstić information content (AvgIpc) is 2.69. The van der Waals surface area contributed by atoms with Crippen molar-refractivity contribution < 1.29 is 0 Å². The fourth-order valence-electron chi connectivity index (χ4n) is 2.21. The van der Waals surface area contributed by atoms with Gasteiger partial charge in [0.25, 0.3) is 5.56 Å². The molecule has 0 aliphatic rings. The van der Waals surface area contributed by atoms with Crippen LogP contribution in [0, 0.1) is 6.92 Å². The van der Waals surface area contributed by atoms with Crippen molar-refractivity contribution in [3.8, 4) is 0 Å². The van der Waals surface area contributed by atoms with Crippen LogP contribution in [-0.2, 0) is 13.5 Å². The van der Waals surface area contributed by atoms with Crippen LogP contribution in [0.2, 0.25) is 10.0 Å². The molecule has 22 heavy (non-hydrogen) atoms. The molecule has 6 heteroatoms. The molecule has 1 aromatic heterocycles. The zero-order chi connectivity index (χ0) is 16.4. The number of nitrogens with zero attached hydrogens (tertiary/aromatic N) is 2. The zero-order valence-electron chi connectivity index (χ0n) is 13.1. The smallest absolute Gasteiger partial charge is 0.275 e. The molecule has 0 bridgehead atoms. The molecule has 4 nitrogen and oxygen atoms in total. The minimum absolute atomic E-state index is 0.0571. The molecular weight excluding hydrogens is 321 g/mol. The van der Waals surface area contributed by atoms with Crippen LogP contribution >= 0.6 is 23.2 Å². The molecule has 0 aliphatic carbocycles. The van der Waals surface area contributed by atoms with Gasteiger partial charge in [-0.15, -0.1) is 0 Å². The minimum atomic E-state index is -0.0571. The number of aromatic nitrogens is 2. The van der Waals surface area contributed by atoms with E-state index in [2.05, 4.69) is 5.10 Å². The van der Waals surface area contributed by atoms with Gasteiger partial charge >= 0.3 is 0 Å². The van der Waals surface area contributed by atoms with E-state index >= 15 is 0 Å². The predicted octanol–water partition coefficient (Wildman–Crippen LogP) is 1.65. The lowest BCUT2D eigenvalue weighted by atomic mass is 10.1. The Labute approximate surface area is 139 Å². The van der Waals surface area contributed by atoms with E-state index in [4.69, 9.17) is 23.2 Å². The third kappa shape index (κ3) is 3.57. The highest BCUT2D eigenvalue weighted by Crippen LogP contribution is 2.25. The van der Waals surface area contributed by atoms with E-state index < -0.39 is 0 Å². The van der Waals surface area contributed by atoms with Crippen LogP contribution in [0.25, 0.3) is 12.3 Å². The first kappa shape index (κ1) is 16.7. The summed E-state index contributed by atoms with van der Waals surface area (Å²) >= 11 is 12.3. The number of nitrogens with one attached hydrogen (secondary N) is 1. The van der Waals surface area contributed by atoms with Gasteiger partial charge in [0, 0.05) is 37.4 Å². The van der Waals surface area contributed by atoms with Crippen molar-refractivity contribution in [3.05, 3.63) is 54.2 Å². The molecule has 0 saturated heterocycles. The van der Waals surface area contributed by atoms with Gasteiger partial charge in [-0.1, -0.05) is 35.3 Å². The molecule has 2 aromatic rings. The first-order valence-electron chi connectivity index (χ1n) is 6.87. The Morgan fingerprint density at radius 3 is 2.59 bits per heavy atom. The van der Waals surface area contributed by atoms with Crippen molar-refractivity contribution in [1.82, 2.24) is 14.7 Å². The number of aromatic amines is 1. The second-order valence-electron chi connectivity index (χ2n) is 5.50. The van der Waals surface area contributed by atoms with Crippen LogP contribution in [0.3, 0.4) is 0 Å². The fourth-order valence-corrected chi connectivity index (χ4v) is 2.67. The molecule has 1 aromatic carbocycles. The van der Waals surface area contributed by atoms with Crippen molar-refractivity contribution in [2.75, 3.05) is 14.1 Å². The summed E-state index contributed by atoms with van der Waals surface area (Å²) < 4.78 is 1.47. The van der Waals surface area contributed by atoms with Crippen LogP contribution in [0.4, 0.5) is 0 Å². The molecule has 0 fully saturated rings. The molecule has 0 aliphatic heterocycles. The lowest BCUT2D eigenvalue weighted by molar-refractivity contribution is 0.613. The van der Waals surface area contributed by atoms with E-state index in [1.165, 1.54) is 4.68 Å². The molecule has 1 N–H and O–H groups in total. The standard InChI is InChI=1S/C16H19Cl2N3O/c1-10-7-11(14(18)8-13(10)17)5-6-15-12(9-20(2)3)16(22)21(4)19-15/h6-9,19H,5H2,1-4H3/b12-9?,15-6-. The lowest BCUT2D eigenvalue weighted by Gasteiger charge is -2.04. The van der Waals surface area contributed by atoms with Gasteiger partial charge in [0.2, 0.25) is 0 Å². The van der Waals surface area contributed by atoms with Crippen molar-refractivity contribution in [3.63, 3.8) is 0 Å². The summed E-state index contributed by atoms with van der Waals surface area (Å²) in [4.78, 5) is 14.0. The zero-order valence-corrected chi connectivity index (χ0v) is 14.6. The van der Waals surface area contributed by atoms with Crippen LogP contribution in [-0.4, -0.2) is 28.8 Å². The Bertz CT molecular complexity index is 863. The van der Waals surface area contributed by atoms with E-state index in [9.17, 15) is 4.79 Å². The van der Waals surface area contributed by atoms with Crippen molar-refractivity contribution >= 4 is 35.5 Å². The summed E-state index contributed by atoms with van der Waals surface area (Å²) in [5, 5.41) is 5.76. The van der Waals surface area contributed by atoms with Crippen LogP contribution in [0.1, 0.15) is 11.1 Å². The number of H-pyrrole nitrogens is 1. The van der Waals surface area contributed by atoms with Crippen LogP contribution in [0.15, 0.2) is 16.9 Å². The molecule has 118 valence electrons. The quantitative estimate of drug-likeness (QED) is 0.923. The van der Waals surface area contributed by atoms with Crippen molar-refractivity contribution in [2.24, 2.45) is 7.05 Å². The van der Waals surface area contributed by atoms with Gasteiger partial charge < -0.3 is 4.90 Å². The van der Waals surface area contributed by atoms with E-state index in [1.54, 1.807) is 19.3 Å². The molecule has 0 amide bonds. The van der Waals surface area contributed by atoms with E-state index in [0.29, 0.717) is 21.7 Å². The van der Waals surface area contributed by atoms with Gasteiger partial charge in [-0.05, 0) is 30.5 Å². The summed E-state index contributed by atoms with van der Waals surface area (Å²) in [6.45, 7) is 1.94. The highest BCUT2D eigenvalue weighted by molar-refractivity contribution is 6.35. The van der Waals surface area contributed by atoms with Crippen LogP contribution in [0.5, 0.6) is 0 Å². The van der Waals surface area contributed by atoms with Gasteiger partial charge in [0.1, 0.15) is 0 Å². The molecule has 2 rings (SSSR count). The highest BCUT2D eigenvalue weighted by atomic mass is 35.5. The van der Waals surface area contributed by atoms with Gasteiger partial charge in [-0.2, -0.15) is 0 Å². The number of benzene rings is 1. The molecule has 0 saturated carbocycles. The second-order valence-corrected chi connectivity index (χ2v) is 6.31. The third-order valence-electron chi connectivity index (χ3n) is 3.35. The molecule has 1 heterocycles. The van der Waals surface area contributed by atoms with Gasteiger partial charge in [-0.25, -0.2) is 0 Å². The highest BCUT2D eigenvalue weighted by Gasteiger charge is 2.04. The predicted molar refractivity (Wildman–Crippen MR) is 92.8 cm³/mol. The van der Waals surface area contributed by atoms with Gasteiger partial charge in [0.15, 0.2) is 0 Å². The Balaban J connectivity index is 2.50. The topological polar surface area (TPSA) is 41.0 Å². The monoisotopic (exact) mass is 339 g/mol. The second kappa shape index (κ2) is 6.63. The summed E-state index contributed by atoms with van der Waals surface area (Å²) in [6.07, 6.45) is 4.38. The maximum absolute atomic E-state index is 12.1. The summed E-state index contributed by atoms with van der Waals surface area (Å²) in [6, 6.07) is 3.72. The summed E-state index contributed by atoms with van der Waals surface area (Å²) in [7, 11) is 5.47. The minimum Gasteiger partial charge on any atom is -0.383 e.